The summed E-state index contributed by atoms with van der Waals surface area (Å²) in [6.45, 7) is 11.8. The Bertz CT molecular complexity index is 281. The van der Waals surface area contributed by atoms with Crippen LogP contribution in [0, 0.1) is 17.3 Å². The maximum Gasteiger partial charge on any atom is 0.0141 e. The van der Waals surface area contributed by atoms with E-state index >= 15 is 0 Å². The molecule has 0 aromatic carbocycles. The van der Waals surface area contributed by atoms with Crippen LogP contribution < -0.4 is 5.73 Å². The molecule has 0 amide bonds. The number of piperidine rings is 1. The molecule has 0 radical (unpaired) electrons. The van der Waals surface area contributed by atoms with E-state index in [1.807, 2.05) is 0 Å². The Morgan fingerprint density at radius 2 is 1.84 bits per heavy atom. The Kier molecular flexibility index (Phi) is 4.94. The van der Waals surface area contributed by atoms with E-state index in [4.69, 9.17) is 5.73 Å². The standard InChI is InChI=1S/C17H34N2/c1-13-7-5-6-10-19(13)16-11-15(17(2,3)4)9-8-14(16)12-18/h13-16H,5-12,18H2,1-4H3. The Labute approximate surface area is 120 Å². The van der Waals surface area contributed by atoms with Crippen molar-refractivity contribution in [2.45, 2.75) is 78.3 Å². The number of hydrogen-bond acceptors (Lipinski definition) is 2. The van der Waals surface area contributed by atoms with Crippen LogP contribution in [0.15, 0.2) is 0 Å². The maximum absolute atomic E-state index is 6.07. The topological polar surface area (TPSA) is 29.3 Å². The summed E-state index contributed by atoms with van der Waals surface area (Å²) in [5, 5.41) is 0. The van der Waals surface area contributed by atoms with Crippen LogP contribution in [0.5, 0.6) is 0 Å². The molecule has 2 heteroatoms. The van der Waals surface area contributed by atoms with Gasteiger partial charge < -0.3 is 5.73 Å². The van der Waals surface area contributed by atoms with E-state index in [1.54, 1.807) is 0 Å². The fourth-order valence-corrected chi connectivity index (χ4v) is 4.29. The quantitative estimate of drug-likeness (QED) is 0.826. The van der Waals surface area contributed by atoms with Gasteiger partial charge in [0.05, 0.1) is 0 Å². The van der Waals surface area contributed by atoms with E-state index in [1.165, 1.54) is 45.1 Å². The predicted octanol–water partition coefficient (Wildman–Crippen LogP) is 3.65. The predicted molar refractivity (Wildman–Crippen MR) is 83.1 cm³/mol. The second-order valence-corrected chi connectivity index (χ2v) is 8.02. The molecule has 1 saturated heterocycles. The summed E-state index contributed by atoms with van der Waals surface area (Å²) in [5.41, 5.74) is 6.53. The lowest BCUT2D eigenvalue weighted by molar-refractivity contribution is 0.00962. The average Bonchev–Trinajstić information content (AvgIpc) is 2.37. The molecule has 2 aliphatic rings. The van der Waals surface area contributed by atoms with Crippen molar-refractivity contribution in [3.63, 3.8) is 0 Å². The summed E-state index contributed by atoms with van der Waals surface area (Å²) < 4.78 is 0. The molecule has 0 aromatic heterocycles. The Hall–Kier alpha value is -0.0800. The molecule has 4 unspecified atom stereocenters. The van der Waals surface area contributed by atoms with Crippen LogP contribution in [0.2, 0.25) is 0 Å². The monoisotopic (exact) mass is 266 g/mol. The lowest BCUT2D eigenvalue weighted by Crippen LogP contribution is -2.53. The second kappa shape index (κ2) is 6.13. The summed E-state index contributed by atoms with van der Waals surface area (Å²) in [7, 11) is 0. The van der Waals surface area contributed by atoms with E-state index in [0.29, 0.717) is 5.41 Å². The molecule has 1 aliphatic heterocycles. The van der Waals surface area contributed by atoms with Gasteiger partial charge in [0.1, 0.15) is 0 Å². The van der Waals surface area contributed by atoms with Crippen molar-refractivity contribution in [3.05, 3.63) is 0 Å². The van der Waals surface area contributed by atoms with E-state index in [-0.39, 0.29) is 0 Å². The summed E-state index contributed by atoms with van der Waals surface area (Å²) in [4.78, 5) is 2.80. The molecular formula is C17H34N2. The van der Waals surface area contributed by atoms with Crippen molar-refractivity contribution in [2.75, 3.05) is 13.1 Å². The van der Waals surface area contributed by atoms with Crippen molar-refractivity contribution in [1.29, 1.82) is 0 Å². The first-order chi connectivity index (χ1) is 8.93. The third-order valence-corrected chi connectivity index (χ3v) is 5.76. The van der Waals surface area contributed by atoms with E-state index in [0.717, 1.165) is 30.5 Å². The summed E-state index contributed by atoms with van der Waals surface area (Å²) in [6, 6.07) is 1.52. The van der Waals surface area contributed by atoms with Gasteiger partial charge in [0, 0.05) is 12.1 Å². The minimum Gasteiger partial charge on any atom is -0.330 e. The number of nitrogens with two attached hydrogens (primary N) is 1. The highest BCUT2D eigenvalue weighted by molar-refractivity contribution is 4.93. The van der Waals surface area contributed by atoms with Crippen LogP contribution in [-0.4, -0.2) is 30.1 Å². The minimum absolute atomic E-state index is 0.455. The number of hydrogen-bond donors (Lipinski definition) is 1. The van der Waals surface area contributed by atoms with Gasteiger partial charge in [-0.05, 0) is 69.4 Å². The average molecular weight is 266 g/mol. The van der Waals surface area contributed by atoms with Crippen molar-refractivity contribution >= 4 is 0 Å². The van der Waals surface area contributed by atoms with Crippen molar-refractivity contribution in [2.24, 2.45) is 23.0 Å². The van der Waals surface area contributed by atoms with Gasteiger partial charge >= 0.3 is 0 Å². The number of likely N-dealkylation sites (tertiary alicyclic amines) is 1. The number of nitrogens with zero attached hydrogens (tertiary/aromatic N) is 1. The fraction of sp³-hybridized carbons (Fsp3) is 1.00. The molecule has 112 valence electrons. The molecule has 1 aliphatic carbocycles. The smallest absolute Gasteiger partial charge is 0.0141 e. The van der Waals surface area contributed by atoms with Gasteiger partial charge in [-0.25, -0.2) is 0 Å². The van der Waals surface area contributed by atoms with Gasteiger partial charge in [-0.15, -0.1) is 0 Å². The van der Waals surface area contributed by atoms with Crippen LogP contribution in [0.3, 0.4) is 0 Å². The van der Waals surface area contributed by atoms with Crippen LogP contribution in [0.4, 0.5) is 0 Å². The van der Waals surface area contributed by atoms with Crippen molar-refractivity contribution < 1.29 is 0 Å². The molecule has 0 bridgehead atoms. The van der Waals surface area contributed by atoms with Crippen LogP contribution in [0.1, 0.15) is 66.2 Å². The minimum atomic E-state index is 0.455. The van der Waals surface area contributed by atoms with Crippen molar-refractivity contribution in [3.8, 4) is 0 Å². The van der Waals surface area contributed by atoms with Gasteiger partial charge in [0.2, 0.25) is 0 Å². The van der Waals surface area contributed by atoms with Gasteiger partial charge in [-0.2, -0.15) is 0 Å². The zero-order chi connectivity index (χ0) is 14.0. The molecule has 2 nitrogen and oxygen atoms in total. The van der Waals surface area contributed by atoms with Crippen LogP contribution in [-0.2, 0) is 0 Å². The first-order valence-electron chi connectivity index (χ1n) is 8.39. The fourth-order valence-electron chi connectivity index (χ4n) is 4.29. The highest BCUT2D eigenvalue weighted by Crippen LogP contribution is 2.42. The summed E-state index contributed by atoms with van der Waals surface area (Å²) >= 11 is 0. The molecule has 2 rings (SSSR count). The molecule has 2 N–H and O–H groups in total. The van der Waals surface area contributed by atoms with Gasteiger partial charge in [0.15, 0.2) is 0 Å². The largest absolute Gasteiger partial charge is 0.330 e. The molecule has 19 heavy (non-hydrogen) atoms. The third kappa shape index (κ3) is 3.52. The highest BCUT2D eigenvalue weighted by Gasteiger charge is 2.39. The van der Waals surface area contributed by atoms with Gasteiger partial charge in [-0.3, -0.25) is 4.90 Å². The Balaban J connectivity index is 2.09. The first-order valence-corrected chi connectivity index (χ1v) is 8.39. The molecule has 1 heterocycles. The lowest BCUT2D eigenvalue weighted by Gasteiger charge is -2.49. The molecular weight excluding hydrogens is 232 g/mol. The third-order valence-electron chi connectivity index (χ3n) is 5.76. The van der Waals surface area contributed by atoms with E-state index in [9.17, 15) is 0 Å². The summed E-state index contributed by atoms with van der Waals surface area (Å²) in [6.07, 6.45) is 8.28. The van der Waals surface area contributed by atoms with Gasteiger partial charge in [0.25, 0.3) is 0 Å². The molecule has 1 saturated carbocycles. The van der Waals surface area contributed by atoms with Crippen LogP contribution in [0.25, 0.3) is 0 Å². The SMILES string of the molecule is CC1CCCCN1C1CC(C(C)(C)C)CCC1CN. The van der Waals surface area contributed by atoms with E-state index in [2.05, 4.69) is 32.6 Å². The molecule has 2 fully saturated rings. The maximum atomic E-state index is 6.07. The van der Waals surface area contributed by atoms with Crippen molar-refractivity contribution in [1.82, 2.24) is 4.90 Å². The molecule has 4 atom stereocenters. The number of rotatable bonds is 2. The molecule has 0 spiro atoms. The highest BCUT2D eigenvalue weighted by atomic mass is 15.2. The summed E-state index contributed by atoms with van der Waals surface area (Å²) in [5.74, 6) is 1.61. The normalized spacial score (nSPS) is 38.4. The van der Waals surface area contributed by atoms with E-state index < -0.39 is 0 Å². The van der Waals surface area contributed by atoms with Crippen LogP contribution >= 0.6 is 0 Å². The molecule has 0 aromatic rings. The Morgan fingerprint density at radius 3 is 2.42 bits per heavy atom. The Morgan fingerprint density at radius 1 is 1.11 bits per heavy atom. The zero-order valence-electron chi connectivity index (χ0n) is 13.5. The zero-order valence-corrected chi connectivity index (χ0v) is 13.5. The lowest BCUT2D eigenvalue weighted by atomic mass is 9.67. The first kappa shape index (κ1) is 15.3. The van der Waals surface area contributed by atoms with Gasteiger partial charge in [-0.1, -0.05) is 27.2 Å². The second-order valence-electron chi connectivity index (χ2n) is 8.02.